The number of hydrogen-bond acceptors (Lipinski definition) is 4. The molecule has 0 fully saturated rings. The maximum absolute atomic E-state index is 9.72. The first-order valence-electron chi connectivity index (χ1n) is 8.11. The first-order chi connectivity index (χ1) is 12.2. The van der Waals surface area contributed by atoms with Crippen LogP contribution in [0.25, 0.3) is 16.8 Å². The maximum atomic E-state index is 9.72. The van der Waals surface area contributed by atoms with Gasteiger partial charge in [0.05, 0.1) is 24.3 Å². The summed E-state index contributed by atoms with van der Waals surface area (Å²) < 4.78 is 2.05. The topological polar surface area (TPSA) is 76.4 Å². The van der Waals surface area contributed by atoms with Crippen molar-refractivity contribution in [3.63, 3.8) is 0 Å². The van der Waals surface area contributed by atoms with Gasteiger partial charge in [0.15, 0.2) is 0 Å². The average Bonchev–Trinajstić information content (AvgIpc) is 3.21. The summed E-state index contributed by atoms with van der Waals surface area (Å²) in [5, 5.41) is 9.72. The Balaban J connectivity index is 1.82. The van der Waals surface area contributed by atoms with Crippen LogP contribution in [0.4, 0.5) is 0 Å². The van der Waals surface area contributed by atoms with E-state index in [1.807, 2.05) is 54.9 Å². The molecule has 124 valence electrons. The maximum Gasteiger partial charge on any atom is 0.127 e. The number of amidine groups is 1. The number of aromatic nitrogens is 2. The first-order valence-corrected chi connectivity index (χ1v) is 8.11. The van der Waals surface area contributed by atoms with Crippen LogP contribution in [0.1, 0.15) is 11.3 Å². The SMILES string of the molecule is NC1=NCC=C1c1c(-c2ccccc2)ncn1Cc1cccc(O)c1. The van der Waals surface area contributed by atoms with Gasteiger partial charge in [-0.3, -0.25) is 4.99 Å². The third-order valence-corrected chi connectivity index (χ3v) is 4.24. The summed E-state index contributed by atoms with van der Waals surface area (Å²) in [7, 11) is 0. The molecular formula is C20H18N4O. The van der Waals surface area contributed by atoms with E-state index in [-0.39, 0.29) is 5.75 Å². The van der Waals surface area contributed by atoms with E-state index in [0.717, 1.165) is 28.1 Å². The highest BCUT2D eigenvalue weighted by Crippen LogP contribution is 2.30. The van der Waals surface area contributed by atoms with E-state index in [2.05, 4.69) is 14.5 Å². The third kappa shape index (κ3) is 2.92. The van der Waals surface area contributed by atoms with Gasteiger partial charge in [-0.15, -0.1) is 0 Å². The second-order valence-corrected chi connectivity index (χ2v) is 5.95. The number of imidazole rings is 1. The van der Waals surface area contributed by atoms with Crippen LogP contribution in [0.2, 0.25) is 0 Å². The van der Waals surface area contributed by atoms with Crippen LogP contribution >= 0.6 is 0 Å². The van der Waals surface area contributed by atoms with Gasteiger partial charge in [0.2, 0.25) is 0 Å². The molecular weight excluding hydrogens is 312 g/mol. The zero-order valence-electron chi connectivity index (χ0n) is 13.6. The Bertz CT molecular complexity index is 970. The van der Waals surface area contributed by atoms with Crippen molar-refractivity contribution in [1.82, 2.24) is 9.55 Å². The average molecular weight is 330 g/mol. The van der Waals surface area contributed by atoms with Crippen LogP contribution in [-0.4, -0.2) is 27.0 Å². The largest absolute Gasteiger partial charge is 0.508 e. The van der Waals surface area contributed by atoms with Crippen molar-refractivity contribution in [2.75, 3.05) is 6.54 Å². The lowest BCUT2D eigenvalue weighted by Gasteiger charge is -2.12. The minimum atomic E-state index is 0.253. The van der Waals surface area contributed by atoms with E-state index in [4.69, 9.17) is 5.73 Å². The summed E-state index contributed by atoms with van der Waals surface area (Å²) in [5.41, 5.74) is 10.9. The Morgan fingerprint density at radius 2 is 1.92 bits per heavy atom. The molecule has 1 aliphatic rings. The van der Waals surface area contributed by atoms with Crippen LogP contribution in [0, 0.1) is 0 Å². The summed E-state index contributed by atoms with van der Waals surface area (Å²) in [6, 6.07) is 17.3. The van der Waals surface area contributed by atoms with Crippen molar-refractivity contribution in [2.45, 2.75) is 6.54 Å². The Hall–Kier alpha value is -3.34. The standard InChI is InChI=1S/C20H18N4O/c21-20-17(9-10-22-20)19-18(15-6-2-1-3-7-15)23-13-24(19)12-14-5-4-8-16(25)11-14/h1-9,11,13,25H,10,12H2,(H2,21,22). The summed E-state index contributed by atoms with van der Waals surface area (Å²) >= 11 is 0. The number of phenols is 1. The van der Waals surface area contributed by atoms with E-state index in [1.165, 1.54) is 0 Å². The molecule has 3 N–H and O–H groups in total. The van der Waals surface area contributed by atoms with Crippen LogP contribution in [0.15, 0.2) is 72.0 Å². The van der Waals surface area contributed by atoms with Crippen LogP contribution in [-0.2, 0) is 6.54 Å². The van der Waals surface area contributed by atoms with E-state index >= 15 is 0 Å². The predicted octanol–water partition coefficient (Wildman–Crippen LogP) is 3.06. The molecule has 25 heavy (non-hydrogen) atoms. The fourth-order valence-electron chi connectivity index (χ4n) is 3.09. The van der Waals surface area contributed by atoms with Gasteiger partial charge in [0, 0.05) is 17.7 Å². The van der Waals surface area contributed by atoms with E-state index in [9.17, 15) is 5.11 Å². The van der Waals surface area contributed by atoms with Crippen molar-refractivity contribution in [3.8, 4) is 17.0 Å². The zero-order valence-corrected chi connectivity index (χ0v) is 13.6. The second kappa shape index (κ2) is 6.28. The molecule has 0 unspecified atom stereocenters. The minimum Gasteiger partial charge on any atom is -0.508 e. The van der Waals surface area contributed by atoms with Gasteiger partial charge in [0.1, 0.15) is 11.6 Å². The summed E-state index contributed by atoms with van der Waals surface area (Å²) in [4.78, 5) is 8.92. The number of aromatic hydroxyl groups is 1. The number of hydrogen-bond donors (Lipinski definition) is 2. The lowest BCUT2D eigenvalue weighted by molar-refractivity contribution is 0.474. The zero-order chi connectivity index (χ0) is 17.2. The fourth-order valence-corrected chi connectivity index (χ4v) is 3.09. The molecule has 5 nitrogen and oxygen atoms in total. The molecule has 2 aromatic carbocycles. The van der Waals surface area contributed by atoms with Gasteiger partial charge in [-0.2, -0.15) is 0 Å². The second-order valence-electron chi connectivity index (χ2n) is 5.95. The molecule has 2 heterocycles. The number of phenolic OH excluding ortho intramolecular Hbond substituents is 1. The smallest absolute Gasteiger partial charge is 0.127 e. The molecule has 1 aromatic heterocycles. The molecule has 0 bridgehead atoms. The van der Waals surface area contributed by atoms with Crippen molar-refractivity contribution < 1.29 is 5.11 Å². The van der Waals surface area contributed by atoms with Gasteiger partial charge in [-0.05, 0) is 23.8 Å². The molecule has 5 heteroatoms. The normalized spacial score (nSPS) is 13.6. The molecule has 4 rings (SSSR count). The Labute approximate surface area is 145 Å². The van der Waals surface area contributed by atoms with Gasteiger partial charge in [0.25, 0.3) is 0 Å². The molecule has 0 spiro atoms. The monoisotopic (exact) mass is 330 g/mol. The predicted molar refractivity (Wildman–Crippen MR) is 99.3 cm³/mol. The molecule has 0 aliphatic carbocycles. The number of nitrogens with zero attached hydrogens (tertiary/aromatic N) is 3. The summed E-state index contributed by atoms with van der Waals surface area (Å²) in [6.45, 7) is 1.18. The van der Waals surface area contributed by atoms with Gasteiger partial charge in [-0.25, -0.2) is 4.98 Å². The number of aliphatic imine (C=N–C) groups is 1. The molecule has 0 amide bonds. The highest BCUT2D eigenvalue weighted by atomic mass is 16.3. The summed E-state index contributed by atoms with van der Waals surface area (Å²) in [6.07, 6.45) is 3.84. The lowest BCUT2D eigenvalue weighted by atomic mass is 10.0. The molecule has 0 radical (unpaired) electrons. The minimum absolute atomic E-state index is 0.253. The molecule has 0 saturated carbocycles. The quantitative estimate of drug-likeness (QED) is 0.772. The van der Waals surface area contributed by atoms with Crippen LogP contribution < -0.4 is 5.73 Å². The first kappa shape index (κ1) is 15.2. The van der Waals surface area contributed by atoms with Crippen LogP contribution in [0.3, 0.4) is 0 Å². The molecule has 0 saturated heterocycles. The molecule has 1 aliphatic heterocycles. The third-order valence-electron chi connectivity index (χ3n) is 4.24. The number of benzene rings is 2. The van der Waals surface area contributed by atoms with E-state index in [0.29, 0.717) is 18.9 Å². The van der Waals surface area contributed by atoms with Crippen molar-refractivity contribution >= 4 is 11.4 Å². The number of nitrogens with two attached hydrogens (primary N) is 1. The van der Waals surface area contributed by atoms with E-state index < -0.39 is 0 Å². The Morgan fingerprint density at radius 3 is 2.64 bits per heavy atom. The highest BCUT2D eigenvalue weighted by molar-refractivity contribution is 6.24. The van der Waals surface area contributed by atoms with Crippen molar-refractivity contribution in [3.05, 3.63) is 78.3 Å². The summed E-state index contributed by atoms with van der Waals surface area (Å²) in [5.74, 6) is 0.790. The highest BCUT2D eigenvalue weighted by Gasteiger charge is 2.21. The van der Waals surface area contributed by atoms with Crippen LogP contribution in [0.5, 0.6) is 5.75 Å². The molecule has 0 atom stereocenters. The van der Waals surface area contributed by atoms with Gasteiger partial charge in [-0.1, -0.05) is 42.5 Å². The van der Waals surface area contributed by atoms with Gasteiger partial charge < -0.3 is 15.4 Å². The van der Waals surface area contributed by atoms with E-state index in [1.54, 1.807) is 12.1 Å². The number of rotatable bonds is 4. The lowest BCUT2D eigenvalue weighted by Crippen LogP contribution is -2.15. The molecule has 3 aromatic rings. The Morgan fingerprint density at radius 1 is 1.08 bits per heavy atom. The Kier molecular flexibility index (Phi) is 3.82. The van der Waals surface area contributed by atoms with Crippen molar-refractivity contribution in [1.29, 1.82) is 0 Å². The van der Waals surface area contributed by atoms with Gasteiger partial charge >= 0.3 is 0 Å². The van der Waals surface area contributed by atoms with Crippen molar-refractivity contribution in [2.24, 2.45) is 10.7 Å². The fraction of sp³-hybridized carbons (Fsp3) is 0.100.